The lowest BCUT2D eigenvalue weighted by atomic mass is 10.0. The molecule has 4 rings (SSSR count). The third-order valence-electron chi connectivity index (χ3n) is 4.55. The summed E-state index contributed by atoms with van der Waals surface area (Å²) in [5.74, 6) is 1.40. The minimum atomic E-state index is -0.180. The van der Waals surface area contributed by atoms with Gasteiger partial charge in [-0.2, -0.15) is 0 Å². The van der Waals surface area contributed by atoms with Crippen LogP contribution in [0.15, 0.2) is 51.9 Å². The number of likely N-dealkylation sites (tertiary alicyclic amines) is 1. The highest BCUT2D eigenvalue weighted by atomic mass is 35.5. The molecule has 1 aliphatic heterocycles. The minimum absolute atomic E-state index is 0.176. The van der Waals surface area contributed by atoms with E-state index in [-0.39, 0.29) is 17.7 Å². The highest BCUT2D eigenvalue weighted by Gasteiger charge is 2.33. The third kappa shape index (κ3) is 3.51. The Labute approximate surface area is 155 Å². The molecule has 0 aliphatic carbocycles. The number of carbonyl (C=O) groups is 1. The van der Waals surface area contributed by atoms with E-state index in [0.29, 0.717) is 23.9 Å². The molecule has 26 heavy (non-hydrogen) atoms. The molecule has 3 heterocycles. The smallest absolute Gasteiger partial charge is 0.291 e. The monoisotopic (exact) mass is 371 g/mol. The summed E-state index contributed by atoms with van der Waals surface area (Å²) >= 11 is 5.92. The second-order valence-corrected chi connectivity index (χ2v) is 6.78. The van der Waals surface area contributed by atoms with Crippen LogP contribution in [0.25, 0.3) is 0 Å². The van der Waals surface area contributed by atoms with Gasteiger partial charge >= 0.3 is 0 Å². The summed E-state index contributed by atoms with van der Waals surface area (Å²) in [6.07, 6.45) is 7.87. The van der Waals surface area contributed by atoms with Crippen LogP contribution in [-0.4, -0.2) is 27.3 Å². The summed E-state index contributed by atoms with van der Waals surface area (Å²) in [7, 11) is 0. The fraction of sp³-hybridized carbons (Fsp3) is 0.316. The standard InChI is InChI=1S/C19H18ClN3O3/c20-14-6-4-13(5-7-14)9-15-10-22-18(26-15)16-3-1-2-8-23(16)19(24)17-11-21-12-25-17/h4-7,10-12,16H,1-3,8-9H2/t16-/m1/s1. The van der Waals surface area contributed by atoms with Crippen molar-refractivity contribution in [1.29, 1.82) is 0 Å². The van der Waals surface area contributed by atoms with Gasteiger partial charge in [-0.05, 0) is 37.0 Å². The van der Waals surface area contributed by atoms with E-state index >= 15 is 0 Å². The van der Waals surface area contributed by atoms with Gasteiger partial charge in [0.1, 0.15) is 11.8 Å². The maximum atomic E-state index is 12.7. The predicted octanol–water partition coefficient (Wildman–Crippen LogP) is 4.27. The molecular formula is C19H18ClN3O3. The summed E-state index contributed by atoms with van der Waals surface area (Å²) < 4.78 is 11.1. The molecule has 1 fully saturated rings. The van der Waals surface area contributed by atoms with Gasteiger partial charge in [0.05, 0.1) is 12.4 Å². The molecule has 0 N–H and O–H groups in total. The maximum absolute atomic E-state index is 12.7. The Kier molecular flexibility index (Phi) is 4.75. The average molecular weight is 372 g/mol. The average Bonchev–Trinajstić information content (AvgIpc) is 3.35. The molecule has 134 valence electrons. The number of amides is 1. The largest absolute Gasteiger partial charge is 0.443 e. The normalized spacial score (nSPS) is 17.4. The van der Waals surface area contributed by atoms with Crippen molar-refractivity contribution >= 4 is 17.5 Å². The van der Waals surface area contributed by atoms with E-state index in [1.807, 2.05) is 24.3 Å². The number of halogens is 1. The first kappa shape index (κ1) is 16.8. The Morgan fingerprint density at radius 1 is 1.23 bits per heavy atom. The molecular weight excluding hydrogens is 354 g/mol. The first-order chi connectivity index (χ1) is 12.7. The van der Waals surface area contributed by atoms with Crippen molar-refractivity contribution in [2.45, 2.75) is 31.7 Å². The highest BCUT2D eigenvalue weighted by Crippen LogP contribution is 2.32. The number of piperidine rings is 1. The molecule has 7 heteroatoms. The summed E-state index contributed by atoms with van der Waals surface area (Å²) in [5, 5.41) is 0.704. The van der Waals surface area contributed by atoms with E-state index in [1.54, 1.807) is 11.1 Å². The van der Waals surface area contributed by atoms with E-state index in [1.165, 1.54) is 12.6 Å². The second-order valence-electron chi connectivity index (χ2n) is 6.34. The van der Waals surface area contributed by atoms with Crippen LogP contribution in [0.3, 0.4) is 0 Å². The van der Waals surface area contributed by atoms with Gasteiger partial charge in [0.25, 0.3) is 5.91 Å². The van der Waals surface area contributed by atoms with Gasteiger partial charge < -0.3 is 13.7 Å². The van der Waals surface area contributed by atoms with Gasteiger partial charge in [0, 0.05) is 18.0 Å². The van der Waals surface area contributed by atoms with Crippen LogP contribution < -0.4 is 0 Å². The molecule has 1 aromatic carbocycles. The number of rotatable bonds is 4. The number of hydrogen-bond acceptors (Lipinski definition) is 5. The molecule has 1 saturated heterocycles. The van der Waals surface area contributed by atoms with Crippen molar-refractivity contribution in [3.05, 3.63) is 71.1 Å². The zero-order valence-electron chi connectivity index (χ0n) is 14.1. The molecule has 1 aliphatic rings. The SMILES string of the molecule is O=C(c1cnco1)N1CCCC[C@@H]1c1ncc(Cc2ccc(Cl)cc2)o1. The Bertz CT molecular complexity index is 874. The molecule has 1 amide bonds. The third-order valence-corrected chi connectivity index (χ3v) is 4.81. The molecule has 0 bridgehead atoms. The number of aromatic nitrogens is 2. The molecule has 2 aromatic heterocycles. The van der Waals surface area contributed by atoms with E-state index in [0.717, 1.165) is 30.6 Å². The van der Waals surface area contributed by atoms with Gasteiger partial charge in [-0.25, -0.2) is 9.97 Å². The topological polar surface area (TPSA) is 72.4 Å². The van der Waals surface area contributed by atoms with Crippen molar-refractivity contribution in [3.8, 4) is 0 Å². The van der Waals surface area contributed by atoms with Gasteiger partial charge in [-0.3, -0.25) is 4.79 Å². The summed E-state index contributed by atoms with van der Waals surface area (Å²) in [6.45, 7) is 0.652. The first-order valence-corrected chi connectivity index (χ1v) is 8.97. The first-order valence-electron chi connectivity index (χ1n) is 8.59. The summed E-state index contributed by atoms with van der Waals surface area (Å²) in [4.78, 5) is 22.7. The van der Waals surface area contributed by atoms with E-state index in [2.05, 4.69) is 9.97 Å². The van der Waals surface area contributed by atoms with E-state index in [4.69, 9.17) is 20.4 Å². The van der Waals surface area contributed by atoms with Crippen molar-refractivity contribution in [2.24, 2.45) is 0 Å². The van der Waals surface area contributed by atoms with Crippen LogP contribution in [0.2, 0.25) is 5.02 Å². The van der Waals surface area contributed by atoms with Crippen molar-refractivity contribution in [2.75, 3.05) is 6.54 Å². The number of nitrogens with zero attached hydrogens (tertiary/aromatic N) is 3. The fourth-order valence-corrected chi connectivity index (χ4v) is 3.38. The predicted molar refractivity (Wildman–Crippen MR) is 94.9 cm³/mol. The van der Waals surface area contributed by atoms with Crippen LogP contribution in [0.1, 0.15) is 53.1 Å². The summed E-state index contributed by atoms with van der Waals surface area (Å²) in [6, 6.07) is 7.45. The fourth-order valence-electron chi connectivity index (χ4n) is 3.26. The Morgan fingerprint density at radius 2 is 2.08 bits per heavy atom. The molecule has 6 nitrogen and oxygen atoms in total. The Morgan fingerprint density at radius 3 is 2.85 bits per heavy atom. The van der Waals surface area contributed by atoms with Crippen LogP contribution in [-0.2, 0) is 6.42 Å². The van der Waals surface area contributed by atoms with Crippen LogP contribution >= 0.6 is 11.6 Å². The number of oxazole rings is 2. The minimum Gasteiger partial charge on any atom is -0.443 e. The maximum Gasteiger partial charge on any atom is 0.291 e. The number of benzene rings is 1. The molecule has 0 spiro atoms. The molecule has 3 aromatic rings. The van der Waals surface area contributed by atoms with Crippen molar-refractivity contribution in [3.63, 3.8) is 0 Å². The lowest BCUT2D eigenvalue weighted by molar-refractivity contribution is 0.0538. The van der Waals surface area contributed by atoms with Crippen molar-refractivity contribution in [1.82, 2.24) is 14.9 Å². The second kappa shape index (κ2) is 7.33. The number of hydrogen-bond donors (Lipinski definition) is 0. The summed E-state index contributed by atoms with van der Waals surface area (Å²) in [5.41, 5.74) is 1.09. The highest BCUT2D eigenvalue weighted by molar-refractivity contribution is 6.30. The molecule has 0 unspecified atom stereocenters. The lowest BCUT2D eigenvalue weighted by Crippen LogP contribution is -2.38. The quantitative estimate of drug-likeness (QED) is 0.684. The van der Waals surface area contributed by atoms with Gasteiger partial charge in [-0.1, -0.05) is 23.7 Å². The lowest BCUT2D eigenvalue weighted by Gasteiger charge is -2.33. The van der Waals surface area contributed by atoms with Crippen LogP contribution in [0.5, 0.6) is 0 Å². The van der Waals surface area contributed by atoms with Gasteiger partial charge in [0.2, 0.25) is 11.7 Å². The Balaban J connectivity index is 1.52. The van der Waals surface area contributed by atoms with Crippen molar-refractivity contribution < 1.29 is 13.6 Å². The van der Waals surface area contributed by atoms with Gasteiger partial charge in [-0.15, -0.1) is 0 Å². The van der Waals surface area contributed by atoms with Crippen LogP contribution in [0, 0.1) is 0 Å². The van der Waals surface area contributed by atoms with E-state index in [9.17, 15) is 4.79 Å². The van der Waals surface area contributed by atoms with Gasteiger partial charge in [0.15, 0.2) is 6.39 Å². The molecule has 0 radical (unpaired) electrons. The van der Waals surface area contributed by atoms with Crippen LogP contribution in [0.4, 0.5) is 0 Å². The van der Waals surface area contributed by atoms with E-state index < -0.39 is 0 Å². The molecule has 1 atom stereocenters. The zero-order chi connectivity index (χ0) is 17.9. The number of carbonyl (C=O) groups excluding carboxylic acids is 1. The molecule has 0 saturated carbocycles. The zero-order valence-corrected chi connectivity index (χ0v) is 14.9. The Hall–Kier alpha value is -2.60.